The number of hydrogen-bond donors (Lipinski definition) is 2. The fourth-order valence-electron chi connectivity index (χ4n) is 2.25. The molecule has 8 nitrogen and oxygen atoms in total. The van der Waals surface area contributed by atoms with Crippen LogP contribution in [0, 0.1) is 0 Å². The van der Waals surface area contributed by atoms with Gasteiger partial charge in [0, 0.05) is 31.5 Å². The second kappa shape index (κ2) is 8.74. The lowest BCUT2D eigenvalue weighted by molar-refractivity contribution is -0.158. The zero-order valence-electron chi connectivity index (χ0n) is 13.4. The fourth-order valence-corrected chi connectivity index (χ4v) is 2.25. The molecule has 0 aromatic heterocycles. The van der Waals surface area contributed by atoms with Gasteiger partial charge in [-0.05, 0) is 12.0 Å². The SMILES string of the molecule is O=C(CCCN1C(=O)C=CC1=O)ON[C@@H](Cc1ccccc1)C(=O)O. The first-order valence-corrected chi connectivity index (χ1v) is 7.73. The molecule has 1 aliphatic heterocycles. The maximum Gasteiger partial charge on any atom is 0.324 e. The molecule has 0 radical (unpaired) electrons. The average molecular weight is 346 g/mol. The van der Waals surface area contributed by atoms with Crippen LogP contribution in [0.15, 0.2) is 42.5 Å². The Morgan fingerprint density at radius 3 is 2.36 bits per heavy atom. The molecule has 0 bridgehead atoms. The highest BCUT2D eigenvalue weighted by Gasteiger charge is 2.23. The molecule has 0 saturated heterocycles. The summed E-state index contributed by atoms with van der Waals surface area (Å²) < 4.78 is 0. The summed E-state index contributed by atoms with van der Waals surface area (Å²) in [4.78, 5) is 51.4. The molecule has 132 valence electrons. The lowest BCUT2D eigenvalue weighted by Crippen LogP contribution is -2.40. The minimum absolute atomic E-state index is 0.0538. The third-order valence-corrected chi connectivity index (χ3v) is 3.56. The van der Waals surface area contributed by atoms with Gasteiger partial charge in [-0.1, -0.05) is 30.3 Å². The molecule has 0 saturated carbocycles. The van der Waals surface area contributed by atoms with Gasteiger partial charge in [0.05, 0.1) is 0 Å². The largest absolute Gasteiger partial charge is 0.480 e. The van der Waals surface area contributed by atoms with Gasteiger partial charge in [-0.2, -0.15) is 0 Å². The molecule has 2 rings (SSSR count). The van der Waals surface area contributed by atoms with Crippen LogP contribution >= 0.6 is 0 Å². The topological polar surface area (TPSA) is 113 Å². The van der Waals surface area contributed by atoms with Crippen LogP contribution < -0.4 is 5.48 Å². The van der Waals surface area contributed by atoms with Gasteiger partial charge in [0.1, 0.15) is 6.04 Å². The van der Waals surface area contributed by atoms with Gasteiger partial charge in [0.25, 0.3) is 11.8 Å². The van der Waals surface area contributed by atoms with Crippen LogP contribution in [-0.4, -0.2) is 46.3 Å². The summed E-state index contributed by atoms with van der Waals surface area (Å²) in [6, 6.07) is 7.87. The Morgan fingerprint density at radius 2 is 1.76 bits per heavy atom. The number of hydrogen-bond acceptors (Lipinski definition) is 6. The minimum atomic E-state index is -1.14. The van der Waals surface area contributed by atoms with Crippen molar-refractivity contribution < 1.29 is 29.1 Å². The number of hydroxylamine groups is 1. The number of imide groups is 1. The standard InChI is InChI=1S/C17H18N2O6/c20-14-8-9-15(21)19(14)10-4-7-16(22)25-18-13(17(23)24)11-12-5-2-1-3-6-12/h1-3,5-6,8-9,13,18H,4,7,10-11H2,(H,23,24)/t13-/m0/s1. The van der Waals surface area contributed by atoms with Crippen molar-refractivity contribution >= 4 is 23.8 Å². The van der Waals surface area contributed by atoms with Gasteiger partial charge < -0.3 is 9.94 Å². The molecule has 2 N–H and O–H groups in total. The number of carbonyl (C=O) groups excluding carboxylic acids is 3. The Labute approximate surface area is 144 Å². The van der Waals surface area contributed by atoms with Gasteiger partial charge in [-0.25, -0.2) is 0 Å². The monoisotopic (exact) mass is 346 g/mol. The Balaban J connectivity index is 1.72. The summed E-state index contributed by atoms with van der Waals surface area (Å²) >= 11 is 0. The molecule has 1 aromatic rings. The van der Waals surface area contributed by atoms with E-state index in [9.17, 15) is 24.3 Å². The fraction of sp³-hybridized carbons (Fsp3) is 0.294. The second-order valence-corrected chi connectivity index (χ2v) is 5.44. The van der Waals surface area contributed by atoms with Crippen molar-refractivity contribution in [2.75, 3.05) is 6.54 Å². The number of amides is 2. The average Bonchev–Trinajstić information content (AvgIpc) is 2.91. The molecule has 25 heavy (non-hydrogen) atoms. The van der Waals surface area contributed by atoms with Crippen molar-refractivity contribution in [3.05, 3.63) is 48.0 Å². The lowest BCUT2D eigenvalue weighted by atomic mass is 10.1. The highest BCUT2D eigenvalue weighted by Crippen LogP contribution is 2.07. The summed E-state index contributed by atoms with van der Waals surface area (Å²) in [6.45, 7) is 0.103. The van der Waals surface area contributed by atoms with E-state index in [1.54, 1.807) is 24.3 Å². The van der Waals surface area contributed by atoms with E-state index in [0.717, 1.165) is 10.5 Å². The zero-order valence-corrected chi connectivity index (χ0v) is 13.4. The summed E-state index contributed by atoms with van der Waals surface area (Å²) in [5.74, 6) is -2.63. The predicted molar refractivity (Wildman–Crippen MR) is 85.9 cm³/mol. The highest BCUT2D eigenvalue weighted by molar-refractivity contribution is 6.12. The molecule has 8 heteroatoms. The Morgan fingerprint density at radius 1 is 1.12 bits per heavy atom. The van der Waals surface area contributed by atoms with Crippen molar-refractivity contribution in [1.29, 1.82) is 0 Å². The van der Waals surface area contributed by atoms with E-state index in [2.05, 4.69) is 5.48 Å². The highest BCUT2D eigenvalue weighted by atomic mass is 16.7. The maximum absolute atomic E-state index is 11.7. The quantitative estimate of drug-likeness (QED) is 0.492. The van der Waals surface area contributed by atoms with E-state index in [4.69, 9.17) is 4.84 Å². The van der Waals surface area contributed by atoms with Crippen LogP contribution in [0.5, 0.6) is 0 Å². The van der Waals surface area contributed by atoms with E-state index < -0.39 is 29.8 Å². The van der Waals surface area contributed by atoms with Crippen molar-refractivity contribution in [2.24, 2.45) is 0 Å². The van der Waals surface area contributed by atoms with Crippen molar-refractivity contribution in [3.63, 3.8) is 0 Å². The Hall–Kier alpha value is -3.00. The number of benzene rings is 1. The smallest absolute Gasteiger partial charge is 0.324 e. The van der Waals surface area contributed by atoms with Crippen LogP contribution in [0.25, 0.3) is 0 Å². The van der Waals surface area contributed by atoms with Crippen LogP contribution in [0.4, 0.5) is 0 Å². The molecule has 0 unspecified atom stereocenters. The first-order chi connectivity index (χ1) is 12.0. The van der Waals surface area contributed by atoms with E-state index in [1.165, 1.54) is 12.2 Å². The zero-order chi connectivity index (χ0) is 18.2. The Kier molecular flexibility index (Phi) is 6.41. The van der Waals surface area contributed by atoms with Crippen molar-refractivity contribution in [3.8, 4) is 0 Å². The third-order valence-electron chi connectivity index (χ3n) is 3.56. The normalized spacial score (nSPS) is 14.6. The van der Waals surface area contributed by atoms with Crippen LogP contribution in [0.3, 0.4) is 0 Å². The van der Waals surface area contributed by atoms with Crippen molar-refractivity contribution in [2.45, 2.75) is 25.3 Å². The van der Waals surface area contributed by atoms with Crippen LogP contribution in [0.2, 0.25) is 0 Å². The summed E-state index contributed by atoms with van der Waals surface area (Å²) in [5.41, 5.74) is 3.04. The maximum atomic E-state index is 11.7. The molecule has 1 aliphatic rings. The lowest BCUT2D eigenvalue weighted by Gasteiger charge is -2.15. The van der Waals surface area contributed by atoms with Gasteiger partial charge in [0.2, 0.25) is 0 Å². The molecular formula is C17H18N2O6. The van der Waals surface area contributed by atoms with E-state index in [0.29, 0.717) is 0 Å². The molecule has 0 aliphatic carbocycles. The van der Waals surface area contributed by atoms with Gasteiger partial charge in [-0.15, -0.1) is 5.48 Å². The second-order valence-electron chi connectivity index (χ2n) is 5.44. The molecule has 1 heterocycles. The van der Waals surface area contributed by atoms with Crippen LogP contribution in [-0.2, 0) is 30.4 Å². The number of nitrogens with zero attached hydrogens (tertiary/aromatic N) is 1. The number of nitrogens with one attached hydrogen (secondary N) is 1. The summed E-state index contributed by atoms with van der Waals surface area (Å²) in [6.07, 6.45) is 2.68. The van der Waals surface area contributed by atoms with Crippen LogP contribution in [0.1, 0.15) is 18.4 Å². The Bertz CT molecular complexity index is 668. The number of aliphatic carboxylic acids is 1. The van der Waals surface area contributed by atoms with Crippen molar-refractivity contribution in [1.82, 2.24) is 10.4 Å². The molecule has 2 amide bonds. The number of rotatable bonds is 9. The van der Waals surface area contributed by atoms with E-state index in [1.807, 2.05) is 6.07 Å². The first-order valence-electron chi connectivity index (χ1n) is 7.73. The molecule has 0 fully saturated rings. The first kappa shape index (κ1) is 18.3. The molecule has 1 aromatic carbocycles. The predicted octanol–water partition coefficient (Wildman–Crippen LogP) is 0.435. The molecular weight excluding hydrogens is 328 g/mol. The van der Waals surface area contributed by atoms with Gasteiger partial charge in [-0.3, -0.25) is 24.1 Å². The number of carboxylic acid groups (broad SMARTS) is 1. The molecule has 0 spiro atoms. The number of carboxylic acids is 1. The van der Waals surface area contributed by atoms with E-state index in [-0.39, 0.29) is 25.8 Å². The minimum Gasteiger partial charge on any atom is -0.480 e. The molecule has 1 atom stereocenters. The summed E-state index contributed by atoms with van der Waals surface area (Å²) in [7, 11) is 0. The van der Waals surface area contributed by atoms with Gasteiger partial charge in [0.15, 0.2) is 0 Å². The number of carbonyl (C=O) groups is 4. The van der Waals surface area contributed by atoms with Gasteiger partial charge >= 0.3 is 11.9 Å². The van der Waals surface area contributed by atoms with E-state index >= 15 is 0 Å². The third kappa shape index (κ3) is 5.54. The summed E-state index contributed by atoms with van der Waals surface area (Å²) in [5, 5.41) is 9.18.